The highest BCUT2D eigenvalue weighted by Crippen LogP contribution is 2.35. The van der Waals surface area contributed by atoms with Crippen LogP contribution >= 0.6 is 24.8 Å². The quantitative estimate of drug-likeness (QED) is 0.590. The lowest BCUT2D eigenvalue weighted by Gasteiger charge is -2.21. The standard InChI is InChI=1S/C21H23N3O4S.2ClH/c1-27-17-6-8-18(9-7-17)28-19-15-23-14-16-4-2-5-20(21(16)19)29(25,26)24-12-3-10-22-11-13-24;;/h2,4-9,14-15,22H,3,10-13H2,1H3;2*1H. The average molecular weight is 486 g/mol. The zero-order valence-electron chi connectivity index (χ0n) is 17.0. The van der Waals surface area contributed by atoms with E-state index >= 15 is 0 Å². The second-order valence-electron chi connectivity index (χ2n) is 6.78. The van der Waals surface area contributed by atoms with Gasteiger partial charge in [-0.15, -0.1) is 24.8 Å². The van der Waals surface area contributed by atoms with Crippen molar-refractivity contribution in [2.75, 3.05) is 33.3 Å². The highest BCUT2D eigenvalue weighted by atomic mass is 35.5. The molecule has 10 heteroatoms. The Bertz CT molecular complexity index is 1100. The second kappa shape index (κ2) is 11.0. The summed E-state index contributed by atoms with van der Waals surface area (Å²) in [7, 11) is -2.07. The average Bonchev–Trinajstić information content (AvgIpc) is 3.04. The first kappa shape index (κ1) is 25.2. The Hall–Kier alpha value is -2.10. The Morgan fingerprint density at radius 1 is 0.968 bits per heavy atom. The Labute approximate surface area is 194 Å². The summed E-state index contributed by atoms with van der Waals surface area (Å²) in [6.45, 7) is 2.39. The summed E-state index contributed by atoms with van der Waals surface area (Å²) in [4.78, 5) is 4.46. The number of halogens is 2. The lowest BCUT2D eigenvalue weighted by molar-refractivity contribution is 0.413. The third kappa shape index (κ3) is 5.39. The first-order valence-corrected chi connectivity index (χ1v) is 10.9. The summed E-state index contributed by atoms with van der Waals surface area (Å²) >= 11 is 0. The van der Waals surface area contributed by atoms with E-state index in [2.05, 4.69) is 10.3 Å². The highest BCUT2D eigenvalue weighted by molar-refractivity contribution is 7.89. The van der Waals surface area contributed by atoms with E-state index in [-0.39, 0.29) is 29.7 Å². The smallest absolute Gasteiger partial charge is 0.243 e. The Kier molecular flexibility index (Phi) is 8.90. The molecule has 1 N–H and O–H groups in total. The molecule has 7 nitrogen and oxygen atoms in total. The number of benzene rings is 2. The van der Waals surface area contributed by atoms with Gasteiger partial charge in [0.25, 0.3) is 0 Å². The molecule has 1 aliphatic heterocycles. The number of nitrogens with zero attached hydrogens (tertiary/aromatic N) is 2. The molecule has 168 valence electrons. The Morgan fingerprint density at radius 2 is 1.71 bits per heavy atom. The minimum atomic E-state index is -3.67. The van der Waals surface area contributed by atoms with Crippen molar-refractivity contribution in [3.05, 3.63) is 54.9 Å². The molecule has 0 aliphatic carbocycles. The van der Waals surface area contributed by atoms with Crippen LogP contribution in [0.2, 0.25) is 0 Å². The van der Waals surface area contributed by atoms with Crippen LogP contribution in [0.15, 0.2) is 59.8 Å². The van der Waals surface area contributed by atoms with Crippen molar-refractivity contribution < 1.29 is 17.9 Å². The molecular formula is C21H25Cl2N3O4S. The van der Waals surface area contributed by atoms with Crippen molar-refractivity contribution in [2.24, 2.45) is 0 Å². The molecule has 1 saturated heterocycles. The Balaban J connectivity index is 0.00000171. The zero-order valence-corrected chi connectivity index (χ0v) is 19.4. The fourth-order valence-corrected chi connectivity index (χ4v) is 5.14. The number of hydrogen-bond acceptors (Lipinski definition) is 6. The van der Waals surface area contributed by atoms with Crippen molar-refractivity contribution in [3.63, 3.8) is 0 Å². The van der Waals surface area contributed by atoms with Gasteiger partial charge in [0.2, 0.25) is 10.0 Å². The number of aromatic nitrogens is 1. The number of hydrogen-bond donors (Lipinski definition) is 1. The van der Waals surface area contributed by atoms with E-state index in [1.54, 1.807) is 60.2 Å². The fourth-order valence-electron chi connectivity index (χ4n) is 3.43. The van der Waals surface area contributed by atoms with E-state index in [1.807, 2.05) is 6.07 Å². The van der Waals surface area contributed by atoms with Crippen LogP contribution in [0.1, 0.15) is 6.42 Å². The van der Waals surface area contributed by atoms with Crippen LogP contribution in [0.4, 0.5) is 0 Å². The summed E-state index contributed by atoms with van der Waals surface area (Å²) in [6, 6.07) is 12.3. The molecule has 0 atom stereocenters. The number of nitrogens with one attached hydrogen (secondary N) is 1. The van der Waals surface area contributed by atoms with Gasteiger partial charge in [-0.2, -0.15) is 4.31 Å². The van der Waals surface area contributed by atoms with Crippen molar-refractivity contribution in [1.29, 1.82) is 0 Å². The van der Waals surface area contributed by atoms with Crippen molar-refractivity contribution in [1.82, 2.24) is 14.6 Å². The van der Waals surface area contributed by atoms with Crippen LogP contribution in [-0.4, -0.2) is 51.0 Å². The number of sulfonamides is 1. The molecule has 0 radical (unpaired) electrons. The molecule has 2 aromatic carbocycles. The number of fused-ring (bicyclic) bond motifs is 1. The molecule has 0 amide bonds. The third-order valence-electron chi connectivity index (χ3n) is 4.91. The van der Waals surface area contributed by atoms with Crippen LogP contribution in [0.3, 0.4) is 0 Å². The predicted molar refractivity (Wildman–Crippen MR) is 126 cm³/mol. The monoisotopic (exact) mass is 485 g/mol. The largest absolute Gasteiger partial charge is 0.497 e. The van der Waals surface area contributed by atoms with Gasteiger partial charge in [0.05, 0.1) is 18.2 Å². The summed E-state index contributed by atoms with van der Waals surface area (Å²) in [5, 5.41) is 4.49. The van der Waals surface area contributed by atoms with Gasteiger partial charge in [-0.1, -0.05) is 12.1 Å². The van der Waals surface area contributed by atoms with Gasteiger partial charge in [0.15, 0.2) is 5.75 Å². The molecule has 0 saturated carbocycles. The van der Waals surface area contributed by atoms with Crippen LogP contribution in [0, 0.1) is 0 Å². The molecular weight excluding hydrogens is 461 g/mol. The van der Waals surface area contributed by atoms with Gasteiger partial charge in [0.1, 0.15) is 11.5 Å². The molecule has 4 rings (SSSR count). The molecule has 1 aliphatic rings. The normalized spacial score (nSPS) is 14.7. The van der Waals surface area contributed by atoms with Gasteiger partial charge in [-0.25, -0.2) is 8.42 Å². The third-order valence-corrected chi connectivity index (χ3v) is 6.86. The second-order valence-corrected chi connectivity index (χ2v) is 8.68. The van der Waals surface area contributed by atoms with Crippen LogP contribution < -0.4 is 14.8 Å². The minimum absolute atomic E-state index is 0. The topological polar surface area (TPSA) is 80.8 Å². The molecule has 1 aromatic heterocycles. The van der Waals surface area contributed by atoms with E-state index in [0.717, 1.165) is 13.0 Å². The minimum Gasteiger partial charge on any atom is -0.497 e. The molecule has 0 bridgehead atoms. The van der Waals surface area contributed by atoms with Gasteiger partial charge < -0.3 is 14.8 Å². The van der Waals surface area contributed by atoms with Gasteiger partial charge in [-0.3, -0.25) is 4.98 Å². The maximum Gasteiger partial charge on any atom is 0.243 e. The molecule has 0 spiro atoms. The summed E-state index contributed by atoms with van der Waals surface area (Å²) in [5.41, 5.74) is 0. The van der Waals surface area contributed by atoms with Crippen molar-refractivity contribution in [3.8, 4) is 17.2 Å². The first-order chi connectivity index (χ1) is 14.1. The van der Waals surface area contributed by atoms with E-state index in [0.29, 0.717) is 47.7 Å². The fraction of sp³-hybridized carbons (Fsp3) is 0.286. The number of pyridine rings is 1. The van der Waals surface area contributed by atoms with Gasteiger partial charge in [-0.05, 0) is 43.3 Å². The summed E-state index contributed by atoms with van der Waals surface area (Å²) in [6.07, 6.45) is 3.98. The number of ether oxygens (including phenoxy) is 2. The maximum absolute atomic E-state index is 13.4. The van der Waals surface area contributed by atoms with E-state index in [4.69, 9.17) is 9.47 Å². The van der Waals surface area contributed by atoms with Crippen LogP contribution in [0.25, 0.3) is 10.8 Å². The predicted octanol–water partition coefficient (Wildman–Crippen LogP) is 3.86. The SMILES string of the molecule is COc1ccc(Oc2cncc3cccc(S(=O)(=O)N4CCCNCC4)c23)cc1.Cl.Cl. The summed E-state index contributed by atoms with van der Waals surface area (Å²) in [5.74, 6) is 1.69. The van der Waals surface area contributed by atoms with E-state index < -0.39 is 10.0 Å². The number of methoxy groups -OCH3 is 1. The lowest BCUT2D eigenvalue weighted by atomic mass is 10.1. The number of rotatable bonds is 5. The molecule has 2 heterocycles. The van der Waals surface area contributed by atoms with Crippen molar-refractivity contribution in [2.45, 2.75) is 11.3 Å². The zero-order chi connectivity index (χ0) is 20.3. The van der Waals surface area contributed by atoms with Crippen molar-refractivity contribution >= 4 is 45.6 Å². The highest BCUT2D eigenvalue weighted by Gasteiger charge is 2.28. The summed E-state index contributed by atoms with van der Waals surface area (Å²) < 4.78 is 39.6. The molecule has 3 aromatic rings. The lowest BCUT2D eigenvalue weighted by Crippen LogP contribution is -2.34. The van der Waals surface area contributed by atoms with Crippen LogP contribution in [0.5, 0.6) is 17.2 Å². The Morgan fingerprint density at radius 3 is 2.45 bits per heavy atom. The van der Waals surface area contributed by atoms with Gasteiger partial charge >= 0.3 is 0 Å². The van der Waals surface area contributed by atoms with E-state index in [9.17, 15) is 8.42 Å². The van der Waals surface area contributed by atoms with E-state index in [1.165, 1.54) is 0 Å². The first-order valence-electron chi connectivity index (χ1n) is 9.49. The molecule has 1 fully saturated rings. The molecule has 31 heavy (non-hydrogen) atoms. The maximum atomic E-state index is 13.4. The van der Waals surface area contributed by atoms with Crippen LogP contribution in [-0.2, 0) is 10.0 Å². The molecule has 0 unspecified atom stereocenters. The van der Waals surface area contributed by atoms with Gasteiger partial charge in [0, 0.05) is 36.6 Å².